The Labute approximate surface area is 110 Å². The van der Waals surface area contributed by atoms with Gasteiger partial charge in [0, 0.05) is 5.56 Å². The highest BCUT2D eigenvalue weighted by Gasteiger charge is 2.12. The van der Waals surface area contributed by atoms with Crippen molar-refractivity contribution in [3.63, 3.8) is 0 Å². The lowest BCUT2D eigenvalue weighted by molar-refractivity contribution is 0.369. The smallest absolute Gasteiger partial charge is 0.200 e. The van der Waals surface area contributed by atoms with E-state index >= 15 is 0 Å². The van der Waals surface area contributed by atoms with Gasteiger partial charge in [-0.3, -0.25) is 0 Å². The second-order valence-corrected chi connectivity index (χ2v) is 4.39. The summed E-state index contributed by atoms with van der Waals surface area (Å²) < 4.78 is 0. The van der Waals surface area contributed by atoms with Crippen LogP contribution in [0.25, 0.3) is 21.9 Å². The van der Waals surface area contributed by atoms with Crippen LogP contribution in [0.3, 0.4) is 0 Å². The molecule has 0 aromatic heterocycles. The largest absolute Gasteiger partial charge is 0.504 e. The number of phenolic OH excluding ortho intramolecular Hbond substituents is 3. The molecule has 0 spiro atoms. The summed E-state index contributed by atoms with van der Waals surface area (Å²) in [6, 6.07) is 16.6. The van der Waals surface area contributed by atoms with Gasteiger partial charge in [-0.1, -0.05) is 36.4 Å². The third kappa shape index (κ3) is 1.85. The molecule has 0 aliphatic carbocycles. The molecular weight excluding hydrogens is 240 g/mol. The quantitative estimate of drug-likeness (QED) is 0.580. The molecule has 0 amide bonds. The van der Waals surface area contributed by atoms with E-state index in [1.807, 2.05) is 42.5 Å². The van der Waals surface area contributed by atoms with Gasteiger partial charge in [0.1, 0.15) is 0 Å². The number of hydrogen-bond donors (Lipinski definition) is 3. The number of fused-ring (bicyclic) bond motifs is 1. The average molecular weight is 252 g/mol. The molecule has 0 saturated carbocycles. The van der Waals surface area contributed by atoms with E-state index in [1.54, 1.807) is 6.07 Å². The van der Waals surface area contributed by atoms with E-state index in [2.05, 4.69) is 0 Å². The molecule has 19 heavy (non-hydrogen) atoms. The fraction of sp³-hybridized carbons (Fsp3) is 0. The van der Waals surface area contributed by atoms with Crippen molar-refractivity contribution in [1.82, 2.24) is 0 Å². The first-order chi connectivity index (χ1) is 9.16. The lowest BCUT2D eigenvalue weighted by atomic mass is 10.00. The molecule has 3 rings (SSSR count). The highest BCUT2D eigenvalue weighted by molar-refractivity contribution is 5.88. The summed E-state index contributed by atoms with van der Waals surface area (Å²) in [4.78, 5) is 0. The highest BCUT2D eigenvalue weighted by atomic mass is 16.3. The molecule has 0 atom stereocenters. The molecule has 3 N–H and O–H groups in total. The van der Waals surface area contributed by atoms with E-state index in [-0.39, 0.29) is 11.5 Å². The fourth-order valence-electron chi connectivity index (χ4n) is 2.16. The number of benzene rings is 3. The van der Waals surface area contributed by atoms with Gasteiger partial charge >= 0.3 is 0 Å². The molecule has 0 radical (unpaired) electrons. The normalized spacial score (nSPS) is 10.7. The third-order valence-electron chi connectivity index (χ3n) is 3.19. The Bertz CT molecular complexity index is 763. The van der Waals surface area contributed by atoms with Crippen molar-refractivity contribution in [2.24, 2.45) is 0 Å². The maximum absolute atomic E-state index is 9.89. The molecule has 0 aliphatic rings. The Hall–Kier alpha value is -2.68. The van der Waals surface area contributed by atoms with Crippen molar-refractivity contribution in [3.8, 4) is 28.4 Å². The van der Waals surface area contributed by atoms with Crippen molar-refractivity contribution in [3.05, 3.63) is 54.6 Å². The van der Waals surface area contributed by atoms with E-state index in [1.165, 1.54) is 6.07 Å². The van der Waals surface area contributed by atoms with Crippen LogP contribution in [0.1, 0.15) is 0 Å². The second kappa shape index (κ2) is 4.21. The summed E-state index contributed by atoms with van der Waals surface area (Å²) >= 11 is 0. The van der Waals surface area contributed by atoms with Gasteiger partial charge in [-0.15, -0.1) is 0 Å². The minimum absolute atomic E-state index is 0.310. The van der Waals surface area contributed by atoms with Gasteiger partial charge in [-0.2, -0.15) is 0 Å². The molecule has 3 aromatic rings. The van der Waals surface area contributed by atoms with Crippen LogP contribution >= 0.6 is 0 Å². The minimum Gasteiger partial charge on any atom is -0.504 e. The van der Waals surface area contributed by atoms with Gasteiger partial charge in [-0.05, 0) is 34.5 Å². The van der Waals surface area contributed by atoms with Crippen LogP contribution < -0.4 is 0 Å². The summed E-state index contributed by atoms with van der Waals surface area (Å²) in [6.45, 7) is 0. The van der Waals surface area contributed by atoms with Crippen LogP contribution in [0.5, 0.6) is 17.2 Å². The molecule has 0 unspecified atom stereocenters. The lowest BCUT2D eigenvalue weighted by Crippen LogP contribution is -1.81. The maximum Gasteiger partial charge on any atom is 0.200 e. The molecule has 0 heterocycles. The van der Waals surface area contributed by atoms with Crippen LogP contribution in [-0.4, -0.2) is 15.3 Å². The Kier molecular flexibility index (Phi) is 2.53. The van der Waals surface area contributed by atoms with Gasteiger partial charge in [0.2, 0.25) is 5.75 Å². The molecule has 3 nitrogen and oxygen atoms in total. The van der Waals surface area contributed by atoms with E-state index in [4.69, 9.17) is 0 Å². The Morgan fingerprint density at radius 3 is 2.16 bits per heavy atom. The second-order valence-electron chi connectivity index (χ2n) is 4.39. The third-order valence-corrected chi connectivity index (χ3v) is 3.19. The van der Waals surface area contributed by atoms with Gasteiger partial charge in [0.25, 0.3) is 0 Å². The zero-order valence-electron chi connectivity index (χ0n) is 10.0. The molecule has 3 aromatic carbocycles. The van der Waals surface area contributed by atoms with Gasteiger partial charge in [0.15, 0.2) is 11.5 Å². The van der Waals surface area contributed by atoms with Gasteiger partial charge in [-0.25, -0.2) is 0 Å². The first-order valence-electron chi connectivity index (χ1n) is 5.90. The van der Waals surface area contributed by atoms with Crippen molar-refractivity contribution >= 4 is 10.8 Å². The predicted octanol–water partition coefficient (Wildman–Crippen LogP) is 3.62. The number of phenols is 3. The van der Waals surface area contributed by atoms with Crippen molar-refractivity contribution in [2.45, 2.75) is 0 Å². The van der Waals surface area contributed by atoms with E-state index in [9.17, 15) is 15.3 Å². The van der Waals surface area contributed by atoms with Crippen LogP contribution in [0.4, 0.5) is 0 Å². The highest BCUT2D eigenvalue weighted by Crippen LogP contribution is 2.42. The molecule has 0 bridgehead atoms. The van der Waals surface area contributed by atoms with E-state index in [0.717, 1.165) is 16.3 Å². The maximum atomic E-state index is 9.89. The van der Waals surface area contributed by atoms with Gasteiger partial charge < -0.3 is 15.3 Å². The summed E-state index contributed by atoms with van der Waals surface area (Å²) in [7, 11) is 0. The minimum atomic E-state index is -0.495. The lowest BCUT2D eigenvalue weighted by Gasteiger charge is -2.08. The van der Waals surface area contributed by atoms with E-state index in [0.29, 0.717) is 5.56 Å². The average Bonchev–Trinajstić information content (AvgIpc) is 2.44. The SMILES string of the molecule is Oc1ccc(-c2ccc3ccccc3c2)c(O)c1O. The van der Waals surface area contributed by atoms with Crippen LogP contribution in [0.15, 0.2) is 54.6 Å². The molecule has 94 valence electrons. The first kappa shape index (κ1) is 11.4. The van der Waals surface area contributed by atoms with Crippen molar-refractivity contribution in [1.29, 1.82) is 0 Å². The van der Waals surface area contributed by atoms with Crippen molar-refractivity contribution < 1.29 is 15.3 Å². The van der Waals surface area contributed by atoms with Crippen LogP contribution in [-0.2, 0) is 0 Å². The molecule has 0 aliphatic heterocycles. The number of rotatable bonds is 1. The molecule has 0 fully saturated rings. The fourth-order valence-corrected chi connectivity index (χ4v) is 2.16. The Balaban J connectivity index is 2.22. The Morgan fingerprint density at radius 2 is 1.37 bits per heavy atom. The Morgan fingerprint density at radius 1 is 0.632 bits per heavy atom. The summed E-state index contributed by atoms with van der Waals surface area (Å²) in [5, 5.41) is 30.9. The zero-order chi connectivity index (χ0) is 13.4. The van der Waals surface area contributed by atoms with E-state index < -0.39 is 5.75 Å². The number of aromatic hydroxyl groups is 3. The summed E-state index contributed by atoms with van der Waals surface area (Å²) in [6.07, 6.45) is 0. The van der Waals surface area contributed by atoms with Crippen LogP contribution in [0.2, 0.25) is 0 Å². The first-order valence-corrected chi connectivity index (χ1v) is 5.90. The zero-order valence-corrected chi connectivity index (χ0v) is 10.0. The molecular formula is C16H12O3. The summed E-state index contributed by atoms with van der Waals surface area (Å²) in [5.41, 5.74) is 1.27. The predicted molar refractivity (Wildman–Crippen MR) is 74.4 cm³/mol. The number of hydrogen-bond acceptors (Lipinski definition) is 3. The molecule has 3 heteroatoms. The van der Waals surface area contributed by atoms with Crippen LogP contribution in [0, 0.1) is 0 Å². The topological polar surface area (TPSA) is 60.7 Å². The monoisotopic (exact) mass is 252 g/mol. The standard InChI is InChI=1S/C16H12O3/c17-14-8-7-13(15(18)16(14)19)12-6-5-10-3-1-2-4-11(10)9-12/h1-9,17-19H. The summed E-state index contributed by atoms with van der Waals surface area (Å²) in [5.74, 6) is -1.14. The molecule has 0 saturated heterocycles. The van der Waals surface area contributed by atoms with Gasteiger partial charge in [0.05, 0.1) is 0 Å². The van der Waals surface area contributed by atoms with Crippen molar-refractivity contribution in [2.75, 3.05) is 0 Å².